The van der Waals surface area contributed by atoms with Crippen molar-refractivity contribution in [2.24, 2.45) is 0 Å². The van der Waals surface area contributed by atoms with Crippen LogP contribution in [0.15, 0.2) is 48.5 Å². The van der Waals surface area contributed by atoms with E-state index in [-0.39, 0.29) is 18.3 Å². The third-order valence-electron chi connectivity index (χ3n) is 2.93. The van der Waals surface area contributed by atoms with Gasteiger partial charge in [-0.25, -0.2) is 4.39 Å². The van der Waals surface area contributed by atoms with Crippen molar-refractivity contribution in [2.45, 2.75) is 0 Å². The molecule has 2 N–H and O–H groups in total. The molecule has 2 aromatic carbocycles. The minimum atomic E-state index is -0.361. The number of nitrogens with one attached hydrogen (secondary N) is 2. The maximum atomic E-state index is 12.8. The van der Waals surface area contributed by atoms with E-state index < -0.39 is 0 Å². The van der Waals surface area contributed by atoms with Gasteiger partial charge in [-0.2, -0.15) is 5.21 Å². The van der Waals surface area contributed by atoms with Crippen LogP contribution in [-0.4, -0.2) is 33.1 Å². The lowest BCUT2D eigenvalue weighted by Gasteiger charge is -2.08. The van der Waals surface area contributed by atoms with E-state index in [0.29, 0.717) is 17.3 Å². The Kier molecular flexibility index (Phi) is 4.23. The van der Waals surface area contributed by atoms with Crippen LogP contribution in [0.25, 0.3) is 11.4 Å². The summed E-state index contributed by atoms with van der Waals surface area (Å²) < 4.78 is 18.1. The molecule has 0 spiro atoms. The second-order valence-corrected chi connectivity index (χ2v) is 4.61. The van der Waals surface area contributed by atoms with Gasteiger partial charge in [-0.1, -0.05) is 12.1 Å². The Labute approximate surface area is 130 Å². The van der Waals surface area contributed by atoms with Gasteiger partial charge in [0.15, 0.2) is 6.61 Å². The zero-order chi connectivity index (χ0) is 16.1. The third-order valence-corrected chi connectivity index (χ3v) is 2.93. The van der Waals surface area contributed by atoms with Crippen LogP contribution < -0.4 is 10.1 Å². The Bertz CT molecular complexity index is 790. The van der Waals surface area contributed by atoms with E-state index in [9.17, 15) is 9.18 Å². The van der Waals surface area contributed by atoms with Gasteiger partial charge in [-0.15, -0.1) is 10.2 Å². The SMILES string of the molecule is O=C(COc1ccc(F)cc1)Nc1cccc(-c2nn[nH]n2)c1. The predicted molar refractivity (Wildman–Crippen MR) is 80.1 cm³/mol. The maximum absolute atomic E-state index is 12.8. The van der Waals surface area contributed by atoms with E-state index in [1.165, 1.54) is 24.3 Å². The molecule has 1 heterocycles. The van der Waals surface area contributed by atoms with Gasteiger partial charge in [-0.3, -0.25) is 4.79 Å². The lowest BCUT2D eigenvalue weighted by atomic mass is 10.2. The number of hydrogen-bond donors (Lipinski definition) is 2. The van der Waals surface area contributed by atoms with Crippen LogP contribution in [0, 0.1) is 5.82 Å². The van der Waals surface area contributed by atoms with Crippen LogP contribution in [-0.2, 0) is 4.79 Å². The molecule has 0 aliphatic carbocycles. The molecule has 0 atom stereocenters. The first-order chi connectivity index (χ1) is 11.2. The van der Waals surface area contributed by atoms with Crippen molar-refractivity contribution in [3.63, 3.8) is 0 Å². The number of benzene rings is 2. The van der Waals surface area contributed by atoms with Crippen molar-refractivity contribution in [1.29, 1.82) is 0 Å². The van der Waals surface area contributed by atoms with Crippen molar-refractivity contribution >= 4 is 11.6 Å². The second kappa shape index (κ2) is 6.65. The third kappa shape index (κ3) is 3.88. The molecule has 7 nitrogen and oxygen atoms in total. The molecule has 3 aromatic rings. The summed E-state index contributed by atoms with van der Waals surface area (Å²) in [6.07, 6.45) is 0. The summed E-state index contributed by atoms with van der Waals surface area (Å²) in [7, 11) is 0. The summed E-state index contributed by atoms with van der Waals surface area (Å²) in [5.74, 6) is 0.158. The molecule has 1 amide bonds. The average Bonchev–Trinajstić information content (AvgIpc) is 3.09. The largest absolute Gasteiger partial charge is 0.484 e. The van der Waals surface area contributed by atoms with E-state index in [1.807, 2.05) is 0 Å². The van der Waals surface area contributed by atoms with E-state index in [0.717, 1.165) is 5.56 Å². The number of rotatable bonds is 5. The number of anilines is 1. The van der Waals surface area contributed by atoms with Crippen molar-refractivity contribution in [3.05, 3.63) is 54.3 Å². The zero-order valence-electron chi connectivity index (χ0n) is 11.9. The van der Waals surface area contributed by atoms with Crippen molar-refractivity contribution in [3.8, 4) is 17.1 Å². The van der Waals surface area contributed by atoms with Crippen LogP contribution in [0.1, 0.15) is 0 Å². The summed E-state index contributed by atoms with van der Waals surface area (Å²) in [5.41, 5.74) is 1.30. The summed E-state index contributed by atoms with van der Waals surface area (Å²) >= 11 is 0. The minimum absolute atomic E-state index is 0.182. The Balaban J connectivity index is 1.59. The van der Waals surface area contributed by atoms with Crippen molar-refractivity contribution < 1.29 is 13.9 Å². The number of aromatic amines is 1. The number of aromatic nitrogens is 4. The predicted octanol–water partition coefficient (Wildman–Crippen LogP) is 2.02. The van der Waals surface area contributed by atoms with Gasteiger partial charge in [0.2, 0.25) is 5.82 Å². The molecule has 0 saturated heterocycles. The molecular formula is C15H12FN5O2. The lowest BCUT2D eigenvalue weighted by Crippen LogP contribution is -2.20. The molecule has 0 aliphatic heterocycles. The first-order valence-corrected chi connectivity index (χ1v) is 6.73. The molecule has 0 bridgehead atoms. The first kappa shape index (κ1) is 14.6. The van der Waals surface area contributed by atoms with E-state index >= 15 is 0 Å². The number of hydrogen-bond acceptors (Lipinski definition) is 5. The number of halogens is 1. The molecular weight excluding hydrogens is 301 g/mol. The maximum Gasteiger partial charge on any atom is 0.262 e. The molecule has 3 rings (SSSR count). The summed E-state index contributed by atoms with van der Waals surface area (Å²) in [6, 6.07) is 12.5. The molecule has 0 fully saturated rings. The molecule has 116 valence electrons. The topological polar surface area (TPSA) is 92.8 Å². The lowest BCUT2D eigenvalue weighted by molar-refractivity contribution is -0.118. The standard InChI is InChI=1S/C15H12FN5O2/c16-11-4-6-13(7-5-11)23-9-14(22)17-12-3-1-2-10(8-12)15-18-20-21-19-15/h1-8H,9H2,(H,17,22)(H,18,19,20,21). The summed E-state index contributed by atoms with van der Waals surface area (Å²) in [4.78, 5) is 11.9. The highest BCUT2D eigenvalue weighted by atomic mass is 19.1. The van der Waals surface area contributed by atoms with Crippen molar-refractivity contribution in [1.82, 2.24) is 20.6 Å². The highest BCUT2D eigenvalue weighted by molar-refractivity contribution is 5.92. The molecule has 8 heteroatoms. The van der Waals surface area contributed by atoms with Crippen LogP contribution in [0.5, 0.6) is 5.75 Å². The Morgan fingerprint density at radius 3 is 2.78 bits per heavy atom. The highest BCUT2D eigenvalue weighted by Gasteiger charge is 2.07. The number of nitrogens with zero attached hydrogens (tertiary/aromatic N) is 3. The number of amides is 1. The minimum Gasteiger partial charge on any atom is -0.484 e. The smallest absolute Gasteiger partial charge is 0.262 e. The Morgan fingerprint density at radius 2 is 2.04 bits per heavy atom. The van der Waals surface area contributed by atoms with Crippen LogP contribution in [0.2, 0.25) is 0 Å². The van der Waals surface area contributed by atoms with Crippen LogP contribution in [0.3, 0.4) is 0 Å². The number of ether oxygens (including phenoxy) is 1. The number of carbonyl (C=O) groups is 1. The molecule has 23 heavy (non-hydrogen) atoms. The van der Waals surface area contributed by atoms with E-state index in [2.05, 4.69) is 25.9 Å². The number of tetrazole rings is 1. The highest BCUT2D eigenvalue weighted by Crippen LogP contribution is 2.18. The van der Waals surface area contributed by atoms with Gasteiger partial charge in [0.1, 0.15) is 11.6 Å². The second-order valence-electron chi connectivity index (χ2n) is 4.61. The van der Waals surface area contributed by atoms with Crippen molar-refractivity contribution in [2.75, 3.05) is 11.9 Å². The first-order valence-electron chi connectivity index (χ1n) is 6.73. The van der Waals surface area contributed by atoms with Gasteiger partial charge in [-0.05, 0) is 41.6 Å². The fraction of sp³-hybridized carbons (Fsp3) is 0.0667. The Hall–Kier alpha value is -3.29. The number of H-pyrrole nitrogens is 1. The fourth-order valence-electron chi connectivity index (χ4n) is 1.90. The summed E-state index contributed by atoms with van der Waals surface area (Å²) in [5, 5.41) is 16.3. The van der Waals surface area contributed by atoms with Gasteiger partial charge >= 0.3 is 0 Å². The average molecular weight is 313 g/mol. The number of carbonyl (C=O) groups excluding carboxylic acids is 1. The van der Waals surface area contributed by atoms with E-state index in [4.69, 9.17) is 4.74 Å². The normalized spacial score (nSPS) is 10.3. The van der Waals surface area contributed by atoms with Gasteiger partial charge in [0.25, 0.3) is 5.91 Å². The molecule has 0 saturated carbocycles. The molecule has 0 aliphatic rings. The van der Waals surface area contributed by atoms with Gasteiger partial charge in [0.05, 0.1) is 0 Å². The van der Waals surface area contributed by atoms with Gasteiger partial charge in [0, 0.05) is 11.3 Å². The van der Waals surface area contributed by atoms with Crippen LogP contribution >= 0.6 is 0 Å². The molecule has 1 aromatic heterocycles. The Morgan fingerprint density at radius 1 is 1.22 bits per heavy atom. The van der Waals surface area contributed by atoms with E-state index in [1.54, 1.807) is 24.3 Å². The monoisotopic (exact) mass is 313 g/mol. The molecule has 0 unspecified atom stereocenters. The quantitative estimate of drug-likeness (QED) is 0.752. The zero-order valence-corrected chi connectivity index (χ0v) is 11.9. The summed E-state index contributed by atoms with van der Waals surface area (Å²) in [6.45, 7) is -0.182. The molecule has 0 radical (unpaired) electrons. The van der Waals surface area contributed by atoms with Crippen LogP contribution in [0.4, 0.5) is 10.1 Å². The fourth-order valence-corrected chi connectivity index (χ4v) is 1.90. The van der Waals surface area contributed by atoms with Gasteiger partial charge < -0.3 is 10.1 Å².